The van der Waals surface area contributed by atoms with E-state index < -0.39 is 5.60 Å². The highest BCUT2D eigenvalue weighted by Crippen LogP contribution is 2.42. The lowest BCUT2D eigenvalue weighted by atomic mass is 9.81. The monoisotopic (exact) mass is 538 g/mol. The Kier molecular flexibility index (Phi) is 6.49. The van der Waals surface area contributed by atoms with E-state index in [1.165, 1.54) is 0 Å². The third-order valence-electron chi connectivity index (χ3n) is 7.53. The van der Waals surface area contributed by atoms with Crippen LogP contribution < -0.4 is 10.3 Å². The first-order valence-electron chi connectivity index (χ1n) is 13.2. The molecule has 2 N–H and O–H groups in total. The molecule has 6 rings (SSSR count). The SMILES string of the molecule is C/C1=N\N2C(=NCCC1)NC(c1cccc(Cl)c1)c1cc(C(O)(c3ccc(C)cc3)c3cncn3C)ccc12. The number of rotatable bonds is 4. The van der Waals surface area contributed by atoms with Crippen LogP contribution in [0, 0.1) is 6.92 Å². The topological polar surface area (TPSA) is 78.0 Å². The molecule has 198 valence electrons. The summed E-state index contributed by atoms with van der Waals surface area (Å²) in [5, 5.41) is 23.7. The fraction of sp³-hybridized carbons (Fsp3) is 0.258. The fourth-order valence-corrected chi connectivity index (χ4v) is 5.65. The molecule has 39 heavy (non-hydrogen) atoms. The van der Waals surface area contributed by atoms with Crippen LogP contribution in [-0.4, -0.2) is 32.9 Å². The van der Waals surface area contributed by atoms with E-state index in [0.29, 0.717) is 16.7 Å². The maximum Gasteiger partial charge on any atom is 0.220 e. The van der Waals surface area contributed by atoms with Gasteiger partial charge in [-0.1, -0.05) is 59.6 Å². The molecule has 2 aliphatic rings. The first-order valence-corrected chi connectivity index (χ1v) is 13.5. The summed E-state index contributed by atoms with van der Waals surface area (Å²) in [6.45, 7) is 4.81. The van der Waals surface area contributed by atoms with Crippen LogP contribution in [0.25, 0.3) is 0 Å². The minimum absolute atomic E-state index is 0.239. The highest BCUT2D eigenvalue weighted by Gasteiger charge is 2.39. The van der Waals surface area contributed by atoms with E-state index in [1.54, 1.807) is 12.5 Å². The molecule has 0 radical (unpaired) electrons. The number of nitrogens with one attached hydrogen (secondary N) is 1. The Labute approximate surface area is 233 Å². The van der Waals surface area contributed by atoms with Gasteiger partial charge in [0, 0.05) is 29.9 Å². The molecule has 2 atom stereocenters. The van der Waals surface area contributed by atoms with Crippen molar-refractivity contribution in [3.63, 3.8) is 0 Å². The maximum absolute atomic E-state index is 12.6. The zero-order chi connectivity index (χ0) is 27.1. The van der Waals surface area contributed by atoms with Crippen molar-refractivity contribution in [3.05, 3.63) is 118 Å². The van der Waals surface area contributed by atoms with Gasteiger partial charge >= 0.3 is 0 Å². The van der Waals surface area contributed by atoms with Gasteiger partial charge < -0.3 is 15.0 Å². The van der Waals surface area contributed by atoms with Crippen molar-refractivity contribution in [1.29, 1.82) is 0 Å². The van der Waals surface area contributed by atoms with Crippen molar-refractivity contribution in [1.82, 2.24) is 14.9 Å². The summed E-state index contributed by atoms with van der Waals surface area (Å²) in [4.78, 5) is 9.18. The number of aromatic nitrogens is 2. The van der Waals surface area contributed by atoms with E-state index >= 15 is 0 Å². The van der Waals surface area contributed by atoms with Crippen LogP contribution in [-0.2, 0) is 12.6 Å². The maximum atomic E-state index is 12.6. The summed E-state index contributed by atoms with van der Waals surface area (Å²) >= 11 is 6.44. The third-order valence-corrected chi connectivity index (χ3v) is 7.76. The lowest BCUT2D eigenvalue weighted by molar-refractivity contribution is 0.117. The predicted molar refractivity (Wildman–Crippen MR) is 156 cm³/mol. The zero-order valence-corrected chi connectivity index (χ0v) is 23.0. The van der Waals surface area contributed by atoms with Crippen LogP contribution in [0.2, 0.25) is 5.02 Å². The fourth-order valence-electron chi connectivity index (χ4n) is 5.45. The molecule has 8 heteroatoms. The number of halogens is 1. The Hall–Kier alpha value is -3.94. The Morgan fingerprint density at radius 1 is 1.03 bits per heavy atom. The van der Waals surface area contributed by atoms with Gasteiger partial charge in [-0.3, -0.25) is 4.99 Å². The van der Waals surface area contributed by atoms with E-state index in [4.69, 9.17) is 21.7 Å². The Morgan fingerprint density at radius 3 is 2.56 bits per heavy atom. The van der Waals surface area contributed by atoms with Crippen molar-refractivity contribution >= 4 is 29.0 Å². The molecule has 2 unspecified atom stereocenters. The second kappa shape index (κ2) is 9.98. The van der Waals surface area contributed by atoms with E-state index in [2.05, 4.69) is 29.4 Å². The molecule has 0 spiro atoms. The molecule has 2 aliphatic heterocycles. The summed E-state index contributed by atoms with van der Waals surface area (Å²) < 4.78 is 1.86. The van der Waals surface area contributed by atoms with E-state index in [9.17, 15) is 5.11 Å². The molecule has 3 aromatic carbocycles. The van der Waals surface area contributed by atoms with E-state index in [0.717, 1.165) is 58.6 Å². The second-order valence-corrected chi connectivity index (χ2v) is 10.8. The largest absolute Gasteiger partial charge is 0.374 e. The van der Waals surface area contributed by atoms with Crippen LogP contribution in [0.1, 0.15) is 59.3 Å². The van der Waals surface area contributed by atoms with Gasteiger partial charge in [-0.05, 0) is 67.6 Å². The van der Waals surface area contributed by atoms with Crippen LogP contribution in [0.4, 0.5) is 5.69 Å². The van der Waals surface area contributed by atoms with Crippen molar-refractivity contribution < 1.29 is 5.11 Å². The van der Waals surface area contributed by atoms with E-state index in [-0.39, 0.29) is 6.04 Å². The van der Waals surface area contributed by atoms with E-state index in [1.807, 2.05) is 78.1 Å². The quantitative estimate of drug-likeness (QED) is 0.350. The molecular formula is C31H31ClN6O. The number of benzene rings is 3. The number of nitrogens with zero attached hydrogens (tertiary/aromatic N) is 5. The number of hydrazone groups is 1. The van der Waals surface area contributed by atoms with Gasteiger partial charge in [0.25, 0.3) is 0 Å². The van der Waals surface area contributed by atoms with Gasteiger partial charge in [-0.15, -0.1) is 0 Å². The third kappa shape index (κ3) is 4.51. The number of aliphatic hydroxyl groups is 1. The highest BCUT2D eigenvalue weighted by atomic mass is 35.5. The Morgan fingerprint density at radius 2 is 1.82 bits per heavy atom. The van der Waals surface area contributed by atoms with Crippen LogP contribution in [0.15, 0.2) is 89.3 Å². The number of aryl methyl sites for hydroxylation is 2. The molecule has 0 aliphatic carbocycles. The molecule has 7 nitrogen and oxygen atoms in total. The minimum Gasteiger partial charge on any atom is -0.374 e. The average Bonchev–Trinajstić information content (AvgIpc) is 3.36. The van der Waals surface area contributed by atoms with Gasteiger partial charge in [0.2, 0.25) is 5.96 Å². The predicted octanol–water partition coefficient (Wildman–Crippen LogP) is 5.69. The number of guanidine groups is 1. The molecule has 3 heterocycles. The highest BCUT2D eigenvalue weighted by molar-refractivity contribution is 6.30. The standard InChI is InChI=1S/C31H31ClN6O/c1-20-9-11-23(12-10-20)31(39,28-18-33-19-37(28)3)24-13-14-27-26(17-24)29(22-7-4-8-25(32)16-22)35-30-34-15-5-6-21(2)36-38(27)30/h4,7-14,16-19,29,39H,5-6,15H2,1-3H3,(H,34,35)/b36-21+. The van der Waals surface area contributed by atoms with Gasteiger partial charge in [0.15, 0.2) is 5.60 Å². The summed E-state index contributed by atoms with van der Waals surface area (Å²) in [5.74, 6) is 0.708. The number of anilines is 1. The molecule has 0 fully saturated rings. The van der Waals surface area contributed by atoms with Crippen molar-refractivity contribution in [2.24, 2.45) is 17.1 Å². The van der Waals surface area contributed by atoms with Gasteiger partial charge in [-0.2, -0.15) is 5.10 Å². The van der Waals surface area contributed by atoms with Crippen LogP contribution >= 0.6 is 11.6 Å². The van der Waals surface area contributed by atoms with Crippen molar-refractivity contribution in [3.8, 4) is 0 Å². The van der Waals surface area contributed by atoms with Crippen molar-refractivity contribution in [2.45, 2.75) is 38.3 Å². The lowest BCUT2D eigenvalue weighted by Gasteiger charge is -2.38. The Balaban J connectivity index is 1.59. The molecule has 4 aromatic rings. The number of hydrogen-bond donors (Lipinski definition) is 2. The summed E-state index contributed by atoms with van der Waals surface area (Å²) in [6, 6.07) is 21.7. The molecule has 0 saturated carbocycles. The number of fused-ring (bicyclic) bond motifs is 3. The first kappa shape index (κ1) is 25.3. The normalized spacial score (nSPS) is 19.8. The number of hydrogen-bond acceptors (Lipinski definition) is 6. The number of aliphatic imine (C=N–C) groups is 1. The summed E-state index contributed by atoms with van der Waals surface area (Å²) in [6.07, 6.45) is 5.29. The zero-order valence-electron chi connectivity index (χ0n) is 22.3. The average molecular weight is 539 g/mol. The molecular weight excluding hydrogens is 508 g/mol. The first-order chi connectivity index (χ1) is 18.8. The van der Waals surface area contributed by atoms with Gasteiger partial charge in [0.1, 0.15) is 0 Å². The summed E-state index contributed by atoms with van der Waals surface area (Å²) in [5.41, 5.74) is 5.80. The van der Waals surface area contributed by atoms with Gasteiger partial charge in [0.05, 0.1) is 29.9 Å². The lowest BCUT2D eigenvalue weighted by Crippen LogP contribution is -2.47. The molecule has 1 aromatic heterocycles. The molecule has 0 bridgehead atoms. The van der Waals surface area contributed by atoms with Crippen molar-refractivity contribution in [2.75, 3.05) is 11.6 Å². The number of imidazole rings is 1. The molecule has 0 amide bonds. The van der Waals surface area contributed by atoms with Crippen LogP contribution in [0.3, 0.4) is 0 Å². The smallest absolute Gasteiger partial charge is 0.220 e. The second-order valence-electron chi connectivity index (χ2n) is 10.3. The molecule has 0 saturated heterocycles. The van der Waals surface area contributed by atoms with Crippen LogP contribution in [0.5, 0.6) is 0 Å². The minimum atomic E-state index is -1.43. The van der Waals surface area contributed by atoms with Gasteiger partial charge in [-0.25, -0.2) is 9.99 Å². The Bertz CT molecular complexity index is 1590. The summed E-state index contributed by atoms with van der Waals surface area (Å²) in [7, 11) is 1.90.